The molecule has 2 aromatic rings. The molecule has 2 nitrogen and oxygen atoms in total. The van der Waals surface area contributed by atoms with E-state index in [-0.39, 0.29) is 6.61 Å². The van der Waals surface area contributed by atoms with E-state index >= 15 is 0 Å². The second kappa shape index (κ2) is 6.46. The van der Waals surface area contributed by atoms with E-state index in [9.17, 15) is 5.11 Å². The second-order valence-corrected chi connectivity index (χ2v) is 6.95. The Kier molecular flexibility index (Phi) is 4.19. The summed E-state index contributed by atoms with van der Waals surface area (Å²) in [4.78, 5) is 2.69. The van der Waals surface area contributed by atoms with Crippen molar-refractivity contribution in [1.82, 2.24) is 4.90 Å². The van der Waals surface area contributed by atoms with Crippen molar-refractivity contribution in [3.8, 4) is 0 Å². The van der Waals surface area contributed by atoms with E-state index < -0.39 is 0 Å². The zero-order chi connectivity index (χ0) is 15.6. The van der Waals surface area contributed by atoms with E-state index in [1.807, 2.05) is 0 Å². The van der Waals surface area contributed by atoms with Gasteiger partial charge in [-0.1, -0.05) is 48.5 Å². The molecule has 2 unspecified atom stereocenters. The number of benzene rings is 2. The van der Waals surface area contributed by atoms with E-state index in [2.05, 4.69) is 53.4 Å². The van der Waals surface area contributed by atoms with Gasteiger partial charge < -0.3 is 5.11 Å². The topological polar surface area (TPSA) is 23.5 Å². The zero-order valence-corrected chi connectivity index (χ0v) is 13.6. The first-order valence-electron chi connectivity index (χ1n) is 8.86. The van der Waals surface area contributed by atoms with Crippen LogP contribution in [0, 0.1) is 0 Å². The molecule has 0 saturated carbocycles. The van der Waals surface area contributed by atoms with Crippen LogP contribution in [0.3, 0.4) is 0 Å². The molecule has 120 valence electrons. The van der Waals surface area contributed by atoms with Crippen molar-refractivity contribution in [1.29, 1.82) is 0 Å². The SMILES string of the molecule is OCc1cccc2c1CCC1C2CCCN1Cc1ccccc1. The van der Waals surface area contributed by atoms with E-state index in [4.69, 9.17) is 0 Å². The quantitative estimate of drug-likeness (QED) is 0.930. The molecule has 1 saturated heterocycles. The Balaban J connectivity index is 1.61. The average molecular weight is 307 g/mol. The number of aliphatic hydroxyl groups is 1. The van der Waals surface area contributed by atoms with E-state index in [1.165, 1.54) is 42.5 Å². The second-order valence-electron chi connectivity index (χ2n) is 6.95. The molecular formula is C21H25NO. The van der Waals surface area contributed by atoms with E-state index in [0.29, 0.717) is 12.0 Å². The zero-order valence-electron chi connectivity index (χ0n) is 13.6. The molecule has 1 heterocycles. The molecule has 2 heteroatoms. The summed E-state index contributed by atoms with van der Waals surface area (Å²) in [5.41, 5.74) is 5.49. The van der Waals surface area contributed by atoms with Crippen LogP contribution in [-0.4, -0.2) is 22.6 Å². The van der Waals surface area contributed by atoms with Gasteiger partial charge in [-0.25, -0.2) is 0 Å². The number of hydrogen-bond donors (Lipinski definition) is 1. The Morgan fingerprint density at radius 2 is 1.87 bits per heavy atom. The number of nitrogens with zero attached hydrogens (tertiary/aromatic N) is 1. The largest absolute Gasteiger partial charge is 0.392 e. The molecule has 2 atom stereocenters. The first-order chi connectivity index (χ1) is 11.4. The van der Waals surface area contributed by atoms with Gasteiger partial charge in [0.15, 0.2) is 0 Å². The lowest BCUT2D eigenvalue weighted by Gasteiger charge is -2.45. The molecule has 1 aliphatic heterocycles. The van der Waals surface area contributed by atoms with Gasteiger partial charge in [-0.05, 0) is 60.4 Å². The first kappa shape index (κ1) is 14.9. The van der Waals surface area contributed by atoms with Crippen molar-refractivity contribution in [3.05, 3.63) is 70.8 Å². The Bertz CT molecular complexity index is 667. The molecule has 1 fully saturated rings. The third-order valence-electron chi connectivity index (χ3n) is 5.69. The lowest BCUT2D eigenvalue weighted by molar-refractivity contribution is 0.104. The highest BCUT2D eigenvalue weighted by Gasteiger charge is 2.36. The fourth-order valence-electron chi connectivity index (χ4n) is 4.63. The summed E-state index contributed by atoms with van der Waals surface area (Å²) in [5, 5.41) is 9.63. The van der Waals surface area contributed by atoms with Crippen LogP contribution in [0.4, 0.5) is 0 Å². The molecular weight excluding hydrogens is 282 g/mol. The number of rotatable bonds is 3. The van der Waals surface area contributed by atoms with Crippen molar-refractivity contribution >= 4 is 0 Å². The maximum absolute atomic E-state index is 9.63. The van der Waals surface area contributed by atoms with Crippen molar-refractivity contribution in [2.75, 3.05) is 6.54 Å². The van der Waals surface area contributed by atoms with Crippen LogP contribution in [0.5, 0.6) is 0 Å². The third kappa shape index (κ3) is 2.82. The molecule has 0 bridgehead atoms. The first-order valence-corrected chi connectivity index (χ1v) is 8.86. The van der Waals surface area contributed by atoms with Crippen molar-refractivity contribution < 1.29 is 5.11 Å². The molecule has 0 aromatic heterocycles. The summed E-state index contributed by atoms with van der Waals surface area (Å²) in [6.07, 6.45) is 4.90. The Morgan fingerprint density at radius 1 is 1.00 bits per heavy atom. The number of fused-ring (bicyclic) bond motifs is 3. The van der Waals surface area contributed by atoms with Gasteiger partial charge in [-0.15, -0.1) is 0 Å². The smallest absolute Gasteiger partial charge is 0.0684 e. The number of aliphatic hydroxyl groups excluding tert-OH is 1. The minimum atomic E-state index is 0.175. The average Bonchev–Trinajstić information content (AvgIpc) is 2.62. The maximum atomic E-state index is 9.63. The van der Waals surface area contributed by atoms with Crippen molar-refractivity contribution in [2.45, 2.75) is 50.8 Å². The molecule has 0 amide bonds. The molecule has 4 rings (SSSR count). The van der Waals surface area contributed by atoms with Crippen molar-refractivity contribution in [2.24, 2.45) is 0 Å². The Hall–Kier alpha value is -1.64. The van der Waals surface area contributed by atoms with Gasteiger partial charge in [-0.2, -0.15) is 0 Å². The Morgan fingerprint density at radius 3 is 2.70 bits per heavy atom. The number of likely N-dealkylation sites (tertiary alicyclic amines) is 1. The van der Waals surface area contributed by atoms with Crippen LogP contribution < -0.4 is 0 Å². The van der Waals surface area contributed by atoms with Crippen LogP contribution in [0.1, 0.15) is 47.4 Å². The highest BCUT2D eigenvalue weighted by molar-refractivity contribution is 5.40. The van der Waals surface area contributed by atoms with Gasteiger partial charge in [0.1, 0.15) is 0 Å². The standard InChI is InChI=1S/C21H25NO/c23-15-17-8-4-9-19-18(17)11-12-21-20(19)10-5-13-22(21)14-16-6-2-1-3-7-16/h1-4,6-9,20-21,23H,5,10-15H2. The molecule has 0 spiro atoms. The fraction of sp³-hybridized carbons (Fsp3) is 0.429. The molecule has 2 aliphatic rings. The maximum Gasteiger partial charge on any atom is 0.0684 e. The van der Waals surface area contributed by atoms with Crippen LogP contribution in [-0.2, 0) is 19.6 Å². The lowest BCUT2D eigenvalue weighted by Crippen LogP contribution is -2.46. The third-order valence-corrected chi connectivity index (χ3v) is 5.69. The van der Waals surface area contributed by atoms with Crippen molar-refractivity contribution in [3.63, 3.8) is 0 Å². The fourth-order valence-corrected chi connectivity index (χ4v) is 4.63. The monoisotopic (exact) mass is 307 g/mol. The number of piperidine rings is 1. The van der Waals surface area contributed by atoms with Crippen LogP contribution >= 0.6 is 0 Å². The summed E-state index contributed by atoms with van der Waals surface area (Å²) in [6.45, 7) is 2.45. The van der Waals surface area contributed by atoms with E-state index in [1.54, 1.807) is 0 Å². The van der Waals surface area contributed by atoms with Gasteiger partial charge in [0, 0.05) is 12.6 Å². The summed E-state index contributed by atoms with van der Waals surface area (Å²) in [6, 6.07) is 18.0. The van der Waals surface area contributed by atoms with Gasteiger partial charge in [0.25, 0.3) is 0 Å². The summed E-state index contributed by atoms with van der Waals surface area (Å²) >= 11 is 0. The summed E-state index contributed by atoms with van der Waals surface area (Å²) in [7, 11) is 0. The Labute approximate surface area is 138 Å². The van der Waals surface area contributed by atoms with Gasteiger partial charge >= 0.3 is 0 Å². The predicted molar refractivity (Wildman–Crippen MR) is 93.3 cm³/mol. The van der Waals surface area contributed by atoms with E-state index in [0.717, 1.165) is 18.5 Å². The molecule has 1 aliphatic carbocycles. The van der Waals surface area contributed by atoms with Gasteiger partial charge in [0.2, 0.25) is 0 Å². The molecule has 1 N–H and O–H groups in total. The van der Waals surface area contributed by atoms with Gasteiger partial charge in [0.05, 0.1) is 6.61 Å². The van der Waals surface area contributed by atoms with Gasteiger partial charge in [-0.3, -0.25) is 4.90 Å². The van der Waals surface area contributed by atoms with Crippen LogP contribution in [0.15, 0.2) is 48.5 Å². The predicted octanol–water partition coefficient (Wildman–Crippen LogP) is 3.87. The van der Waals surface area contributed by atoms with Crippen LogP contribution in [0.25, 0.3) is 0 Å². The summed E-state index contributed by atoms with van der Waals surface area (Å²) < 4.78 is 0. The van der Waals surface area contributed by atoms with Crippen LogP contribution in [0.2, 0.25) is 0 Å². The molecule has 2 aromatic carbocycles. The minimum Gasteiger partial charge on any atom is -0.392 e. The lowest BCUT2D eigenvalue weighted by atomic mass is 9.73. The number of hydrogen-bond acceptors (Lipinski definition) is 2. The minimum absolute atomic E-state index is 0.175. The normalized spacial score (nSPS) is 24.0. The molecule has 0 radical (unpaired) electrons. The highest BCUT2D eigenvalue weighted by atomic mass is 16.3. The highest BCUT2D eigenvalue weighted by Crippen LogP contribution is 2.42. The molecule has 23 heavy (non-hydrogen) atoms. The summed E-state index contributed by atoms with van der Waals surface area (Å²) in [5.74, 6) is 0.641.